The van der Waals surface area contributed by atoms with Gasteiger partial charge in [0.05, 0.1) is 5.69 Å². The van der Waals surface area contributed by atoms with Gasteiger partial charge in [-0.3, -0.25) is 9.69 Å². The van der Waals surface area contributed by atoms with E-state index in [1.165, 1.54) is 5.56 Å². The molecule has 5 amide bonds. The average molecular weight is 450 g/mol. The molecular weight excluding hydrogens is 418 g/mol. The van der Waals surface area contributed by atoms with E-state index in [4.69, 9.17) is 0 Å². The number of nitrogens with one attached hydrogen (secondary N) is 2. The van der Waals surface area contributed by atoms with Crippen LogP contribution in [0.2, 0.25) is 0 Å². The smallest absolute Gasteiger partial charge is 0.325 e. The summed E-state index contributed by atoms with van der Waals surface area (Å²) in [6.07, 6.45) is 1.43. The van der Waals surface area contributed by atoms with Crippen LogP contribution in [0.5, 0.6) is 0 Å². The van der Waals surface area contributed by atoms with Gasteiger partial charge in [-0.2, -0.15) is 0 Å². The first-order valence-electron chi connectivity index (χ1n) is 11.5. The van der Waals surface area contributed by atoms with Crippen LogP contribution < -0.4 is 15.5 Å². The molecule has 8 heteroatoms. The van der Waals surface area contributed by atoms with E-state index in [1.54, 1.807) is 24.3 Å². The summed E-state index contributed by atoms with van der Waals surface area (Å²) in [4.78, 5) is 43.3. The highest BCUT2D eigenvalue weighted by molar-refractivity contribution is 6.21. The Morgan fingerprint density at radius 1 is 1.09 bits per heavy atom. The molecule has 2 aromatic carbocycles. The van der Waals surface area contributed by atoms with Crippen molar-refractivity contribution in [3.63, 3.8) is 0 Å². The highest BCUT2D eigenvalue weighted by atomic mass is 16.2. The largest absolute Gasteiger partial charge is 0.329 e. The minimum atomic E-state index is -0.507. The molecule has 0 saturated carbocycles. The third-order valence-corrected chi connectivity index (χ3v) is 6.22. The molecule has 2 N–H and O–H groups in total. The van der Waals surface area contributed by atoms with Crippen molar-refractivity contribution in [3.05, 3.63) is 60.2 Å². The van der Waals surface area contributed by atoms with Gasteiger partial charge in [0.25, 0.3) is 5.91 Å². The van der Waals surface area contributed by atoms with Crippen LogP contribution >= 0.6 is 0 Å². The van der Waals surface area contributed by atoms with Crippen LogP contribution in [0.15, 0.2) is 54.6 Å². The van der Waals surface area contributed by atoms with Gasteiger partial charge in [0.15, 0.2) is 0 Å². The van der Waals surface area contributed by atoms with Crippen molar-refractivity contribution in [2.75, 3.05) is 29.9 Å². The van der Waals surface area contributed by atoms with E-state index < -0.39 is 12.1 Å². The Balaban J connectivity index is 1.40. The molecular formula is C25H31N5O3. The number of anilines is 2. The van der Waals surface area contributed by atoms with Gasteiger partial charge in [-0.15, -0.1) is 0 Å². The first-order chi connectivity index (χ1) is 16.0. The Labute approximate surface area is 194 Å². The Morgan fingerprint density at radius 2 is 1.88 bits per heavy atom. The number of amides is 5. The zero-order valence-electron chi connectivity index (χ0n) is 19.2. The second kappa shape index (κ2) is 10.0. The molecule has 0 radical (unpaired) electrons. The summed E-state index contributed by atoms with van der Waals surface area (Å²) < 4.78 is 0. The monoisotopic (exact) mass is 449 g/mol. The highest BCUT2D eigenvalue weighted by Crippen LogP contribution is 2.24. The Bertz CT molecular complexity index is 1010. The lowest BCUT2D eigenvalue weighted by atomic mass is 10.2. The third kappa shape index (κ3) is 5.17. The van der Waals surface area contributed by atoms with E-state index in [9.17, 15) is 14.4 Å². The van der Waals surface area contributed by atoms with Crippen molar-refractivity contribution in [2.24, 2.45) is 0 Å². The number of rotatable bonds is 5. The number of urea groups is 2. The van der Waals surface area contributed by atoms with Crippen LogP contribution in [0.3, 0.4) is 0 Å². The number of hydrogen-bond donors (Lipinski definition) is 2. The van der Waals surface area contributed by atoms with E-state index >= 15 is 0 Å². The maximum Gasteiger partial charge on any atom is 0.329 e. The predicted molar refractivity (Wildman–Crippen MR) is 128 cm³/mol. The average Bonchev–Trinajstić information content (AvgIpc) is 2.96. The molecule has 2 aliphatic heterocycles. The number of carbonyl (C=O) groups is 3. The molecule has 0 bridgehead atoms. The fraction of sp³-hybridized carbons (Fsp3) is 0.400. The standard InChI is InChI=1S/C25H31N5O3/c1-3-22-23(31)30(25(33)27-22)21-12-7-11-20(15-21)26-24(32)29-14-8-13-28(16-18(29)2)17-19-9-5-4-6-10-19/h4-7,9-12,15,18,22H,3,8,13-14,16-17H2,1-2H3,(H,26,32)(H,27,33)/t18-,22-/m0/s1. The Hall–Kier alpha value is -3.39. The molecule has 33 heavy (non-hydrogen) atoms. The minimum Gasteiger partial charge on any atom is -0.325 e. The van der Waals surface area contributed by atoms with Gasteiger partial charge in [0, 0.05) is 37.9 Å². The lowest BCUT2D eigenvalue weighted by molar-refractivity contribution is -0.118. The van der Waals surface area contributed by atoms with Crippen LogP contribution in [-0.4, -0.2) is 59.5 Å². The highest BCUT2D eigenvalue weighted by Gasteiger charge is 2.38. The van der Waals surface area contributed by atoms with Crippen molar-refractivity contribution >= 4 is 29.3 Å². The molecule has 4 rings (SSSR count). The molecule has 2 aromatic rings. The molecule has 174 valence electrons. The number of imide groups is 1. The van der Waals surface area contributed by atoms with Gasteiger partial charge in [-0.25, -0.2) is 14.5 Å². The van der Waals surface area contributed by atoms with Crippen molar-refractivity contribution in [2.45, 2.75) is 45.3 Å². The third-order valence-electron chi connectivity index (χ3n) is 6.22. The van der Waals surface area contributed by atoms with Crippen LogP contribution in [-0.2, 0) is 11.3 Å². The normalized spacial score (nSPS) is 21.6. The molecule has 0 spiro atoms. The van der Waals surface area contributed by atoms with Gasteiger partial charge in [-0.05, 0) is 43.5 Å². The summed E-state index contributed by atoms with van der Waals surface area (Å²) in [5.74, 6) is -0.273. The van der Waals surface area contributed by atoms with Crippen LogP contribution in [0.25, 0.3) is 0 Å². The number of carbonyl (C=O) groups excluding carboxylic acids is 3. The summed E-state index contributed by atoms with van der Waals surface area (Å²) in [5, 5.41) is 5.64. The van der Waals surface area contributed by atoms with Gasteiger partial charge >= 0.3 is 12.1 Å². The van der Waals surface area contributed by atoms with E-state index in [0.717, 1.165) is 31.0 Å². The van der Waals surface area contributed by atoms with E-state index in [2.05, 4.69) is 34.6 Å². The second-order valence-corrected chi connectivity index (χ2v) is 8.68. The SMILES string of the molecule is CC[C@@H]1NC(=O)N(c2cccc(NC(=O)N3CCCN(Cc4ccccc4)C[C@@H]3C)c2)C1=O. The van der Waals surface area contributed by atoms with Crippen molar-refractivity contribution in [3.8, 4) is 0 Å². The van der Waals surface area contributed by atoms with Crippen molar-refractivity contribution in [1.82, 2.24) is 15.1 Å². The van der Waals surface area contributed by atoms with E-state index in [1.807, 2.05) is 30.0 Å². The molecule has 2 aliphatic rings. The summed E-state index contributed by atoms with van der Waals surface area (Å²) in [5.41, 5.74) is 2.27. The summed E-state index contributed by atoms with van der Waals surface area (Å²) in [7, 11) is 0. The number of benzene rings is 2. The van der Waals surface area contributed by atoms with E-state index in [0.29, 0.717) is 24.3 Å². The lowest BCUT2D eigenvalue weighted by Crippen LogP contribution is -2.44. The maximum absolute atomic E-state index is 13.1. The molecule has 2 atom stereocenters. The van der Waals surface area contributed by atoms with Crippen molar-refractivity contribution < 1.29 is 14.4 Å². The van der Waals surface area contributed by atoms with Crippen LogP contribution in [0.4, 0.5) is 21.0 Å². The summed E-state index contributed by atoms with van der Waals surface area (Å²) >= 11 is 0. The predicted octanol–water partition coefficient (Wildman–Crippen LogP) is 3.65. The minimum absolute atomic E-state index is 0.0515. The molecule has 2 heterocycles. The quantitative estimate of drug-likeness (QED) is 0.683. The van der Waals surface area contributed by atoms with Gasteiger partial charge in [0.2, 0.25) is 0 Å². The fourth-order valence-corrected chi connectivity index (χ4v) is 4.51. The molecule has 0 aliphatic carbocycles. The summed E-state index contributed by atoms with van der Waals surface area (Å²) in [6, 6.07) is 16.2. The summed E-state index contributed by atoms with van der Waals surface area (Å²) in [6.45, 7) is 7.19. The van der Waals surface area contributed by atoms with Gasteiger partial charge < -0.3 is 15.5 Å². The zero-order valence-corrected chi connectivity index (χ0v) is 19.2. The maximum atomic E-state index is 13.1. The lowest BCUT2D eigenvalue weighted by Gasteiger charge is -2.29. The Kier molecular flexibility index (Phi) is 6.93. The van der Waals surface area contributed by atoms with Gasteiger partial charge in [-0.1, -0.05) is 43.3 Å². The molecule has 8 nitrogen and oxygen atoms in total. The molecule has 0 aromatic heterocycles. The van der Waals surface area contributed by atoms with Crippen LogP contribution in [0.1, 0.15) is 32.3 Å². The number of hydrogen-bond acceptors (Lipinski definition) is 4. The van der Waals surface area contributed by atoms with Crippen molar-refractivity contribution in [1.29, 1.82) is 0 Å². The first-order valence-corrected chi connectivity index (χ1v) is 11.5. The van der Waals surface area contributed by atoms with Crippen LogP contribution in [0, 0.1) is 0 Å². The fourth-order valence-electron chi connectivity index (χ4n) is 4.51. The number of nitrogens with zero attached hydrogens (tertiary/aromatic N) is 3. The molecule has 2 fully saturated rings. The van der Waals surface area contributed by atoms with Gasteiger partial charge in [0.1, 0.15) is 6.04 Å². The molecule has 2 saturated heterocycles. The topological polar surface area (TPSA) is 85.0 Å². The second-order valence-electron chi connectivity index (χ2n) is 8.68. The molecule has 0 unspecified atom stereocenters. The van der Waals surface area contributed by atoms with E-state index in [-0.39, 0.29) is 18.0 Å². The zero-order chi connectivity index (χ0) is 23.4. The first kappa shape index (κ1) is 22.8. The Morgan fingerprint density at radius 3 is 2.61 bits per heavy atom.